The first-order chi connectivity index (χ1) is 16.0. The van der Waals surface area contributed by atoms with Crippen LogP contribution in [0.4, 0.5) is 22.0 Å². The first kappa shape index (κ1) is 24.2. The van der Waals surface area contributed by atoms with Gasteiger partial charge in [0.15, 0.2) is 5.82 Å². The molecule has 1 fully saturated rings. The van der Waals surface area contributed by atoms with E-state index in [1.807, 2.05) is 6.92 Å². The minimum absolute atomic E-state index is 0.0341. The Hall–Kier alpha value is -2.90. The van der Waals surface area contributed by atoms with Crippen molar-refractivity contribution in [2.45, 2.75) is 65.1 Å². The Balaban J connectivity index is 2.01. The number of hydrogen-bond donors (Lipinski definition) is 0. The number of halogens is 5. The fraction of sp³-hybridized carbons (Fsp3) is 0.423. The van der Waals surface area contributed by atoms with Crippen LogP contribution >= 0.6 is 0 Å². The van der Waals surface area contributed by atoms with E-state index in [4.69, 9.17) is 0 Å². The van der Waals surface area contributed by atoms with Crippen molar-refractivity contribution < 1.29 is 22.0 Å². The van der Waals surface area contributed by atoms with Crippen molar-refractivity contribution in [1.82, 2.24) is 9.36 Å². The highest BCUT2D eigenvalue weighted by Crippen LogP contribution is 2.49. The molecule has 0 unspecified atom stereocenters. The molecule has 1 aliphatic rings. The predicted octanol–water partition coefficient (Wildman–Crippen LogP) is 6.84. The Labute approximate surface area is 194 Å². The molecule has 0 amide bonds. The van der Waals surface area contributed by atoms with Gasteiger partial charge in [-0.25, -0.2) is 13.5 Å². The smallest absolute Gasteiger partial charge is 0.277 e. The molecule has 4 rings (SSSR count). The molecule has 1 aromatic heterocycles. The Morgan fingerprint density at radius 3 is 2.38 bits per heavy atom. The van der Waals surface area contributed by atoms with Crippen molar-refractivity contribution in [3.63, 3.8) is 0 Å². The van der Waals surface area contributed by atoms with Crippen LogP contribution in [0.15, 0.2) is 47.3 Å². The lowest BCUT2D eigenvalue weighted by Crippen LogP contribution is -2.27. The van der Waals surface area contributed by atoms with Gasteiger partial charge in [0, 0.05) is 17.3 Å². The van der Waals surface area contributed by atoms with Crippen LogP contribution in [0.3, 0.4) is 0 Å². The van der Waals surface area contributed by atoms with Gasteiger partial charge >= 0.3 is 6.18 Å². The third-order valence-electron chi connectivity index (χ3n) is 7.01. The molecule has 3 nitrogen and oxygen atoms in total. The summed E-state index contributed by atoms with van der Waals surface area (Å²) in [5.41, 5.74) is -0.596. The van der Waals surface area contributed by atoms with Gasteiger partial charge in [-0.2, -0.15) is 13.2 Å². The van der Waals surface area contributed by atoms with E-state index in [-0.39, 0.29) is 29.1 Å². The largest absolute Gasteiger partial charge is 0.416 e. The standard InChI is InChI=1S/C26H27F5N2O/c1-4-21-23(19-10-7-13-25(19,2)3)24(34)33(22-12-11-17(27)14-20(22)28)32(21)15-16-8-5-6-9-18(16)26(29,30)31/h5-6,8-9,11-12,14,19H,4,7,10,13,15H2,1-3H3/t19-/m1/s1. The van der Waals surface area contributed by atoms with E-state index in [0.717, 1.165) is 42.1 Å². The third-order valence-corrected chi connectivity index (χ3v) is 7.01. The summed E-state index contributed by atoms with van der Waals surface area (Å²) in [6.45, 7) is 5.70. The molecule has 1 aliphatic carbocycles. The molecule has 1 saturated carbocycles. The van der Waals surface area contributed by atoms with Crippen molar-refractivity contribution >= 4 is 0 Å². The van der Waals surface area contributed by atoms with Crippen LogP contribution in [0, 0.1) is 17.0 Å². The molecule has 2 aromatic carbocycles. The second-order valence-electron chi connectivity index (χ2n) is 9.57. The van der Waals surface area contributed by atoms with E-state index in [0.29, 0.717) is 23.7 Å². The van der Waals surface area contributed by atoms with Gasteiger partial charge in [0.2, 0.25) is 0 Å². The third kappa shape index (κ3) is 4.18. The lowest BCUT2D eigenvalue weighted by Gasteiger charge is -2.26. The monoisotopic (exact) mass is 478 g/mol. The van der Waals surface area contributed by atoms with Crippen molar-refractivity contribution in [3.05, 3.63) is 86.8 Å². The molecular weight excluding hydrogens is 451 g/mol. The molecule has 0 bridgehead atoms. The molecule has 1 heterocycles. The summed E-state index contributed by atoms with van der Waals surface area (Å²) in [7, 11) is 0. The van der Waals surface area contributed by atoms with Crippen molar-refractivity contribution in [3.8, 4) is 5.69 Å². The molecule has 8 heteroatoms. The fourth-order valence-corrected chi connectivity index (χ4v) is 5.35. The summed E-state index contributed by atoms with van der Waals surface area (Å²) in [6.07, 6.45) is -1.61. The fourth-order valence-electron chi connectivity index (χ4n) is 5.35. The first-order valence-corrected chi connectivity index (χ1v) is 11.4. The average molecular weight is 479 g/mol. The molecule has 0 N–H and O–H groups in total. The summed E-state index contributed by atoms with van der Waals surface area (Å²) < 4.78 is 72.2. The van der Waals surface area contributed by atoms with Gasteiger partial charge in [-0.05, 0) is 54.4 Å². The van der Waals surface area contributed by atoms with Crippen molar-refractivity contribution in [2.75, 3.05) is 0 Å². The van der Waals surface area contributed by atoms with Crippen LogP contribution in [-0.4, -0.2) is 9.36 Å². The van der Waals surface area contributed by atoms with Gasteiger partial charge in [0.05, 0.1) is 12.1 Å². The second kappa shape index (κ2) is 8.71. The summed E-state index contributed by atoms with van der Waals surface area (Å²) in [5, 5.41) is 0. The van der Waals surface area contributed by atoms with Crippen LogP contribution in [-0.2, 0) is 19.1 Å². The van der Waals surface area contributed by atoms with Crippen LogP contribution in [0.1, 0.15) is 68.3 Å². The summed E-state index contributed by atoms with van der Waals surface area (Å²) in [6, 6.07) is 8.03. The minimum atomic E-state index is -4.58. The quantitative estimate of drug-likeness (QED) is 0.369. The highest BCUT2D eigenvalue weighted by atomic mass is 19.4. The van der Waals surface area contributed by atoms with E-state index < -0.39 is 28.9 Å². The zero-order valence-corrected chi connectivity index (χ0v) is 19.3. The lowest BCUT2D eigenvalue weighted by atomic mass is 9.77. The zero-order chi connectivity index (χ0) is 24.8. The molecule has 1 atom stereocenters. The topological polar surface area (TPSA) is 26.9 Å². The maximum absolute atomic E-state index is 14.9. The van der Waals surface area contributed by atoms with Gasteiger partial charge < -0.3 is 0 Å². The Bertz CT molecular complexity index is 1270. The summed E-state index contributed by atoms with van der Waals surface area (Å²) in [5.74, 6) is -1.86. The summed E-state index contributed by atoms with van der Waals surface area (Å²) >= 11 is 0. The van der Waals surface area contributed by atoms with E-state index >= 15 is 0 Å². The van der Waals surface area contributed by atoms with Crippen molar-refractivity contribution in [2.24, 2.45) is 5.41 Å². The average Bonchev–Trinajstić information content (AvgIpc) is 3.23. The zero-order valence-electron chi connectivity index (χ0n) is 19.3. The highest BCUT2D eigenvalue weighted by Gasteiger charge is 2.41. The van der Waals surface area contributed by atoms with Gasteiger partial charge in [0.1, 0.15) is 11.5 Å². The predicted molar refractivity (Wildman–Crippen MR) is 120 cm³/mol. The molecule has 0 radical (unpaired) electrons. The van der Waals surface area contributed by atoms with E-state index in [1.54, 1.807) is 0 Å². The van der Waals surface area contributed by atoms with Crippen molar-refractivity contribution in [1.29, 1.82) is 0 Å². The highest BCUT2D eigenvalue weighted by molar-refractivity contribution is 5.39. The van der Waals surface area contributed by atoms with Gasteiger partial charge in [0.25, 0.3) is 5.56 Å². The molecule has 0 aliphatic heterocycles. The molecule has 0 spiro atoms. The number of aromatic nitrogens is 2. The number of alkyl halides is 3. The number of nitrogens with zero attached hydrogens (tertiary/aromatic N) is 2. The normalized spacial score (nSPS) is 17.9. The Morgan fingerprint density at radius 1 is 1.09 bits per heavy atom. The maximum atomic E-state index is 14.9. The van der Waals surface area contributed by atoms with E-state index in [2.05, 4.69) is 13.8 Å². The minimum Gasteiger partial charge on any atom is -0.277 e. The van der Waals surface area contributed by atoms with E-state index in [9.17, 15) is 26.7 Å². The number of benzene rings is 2. The molecule has 3 aromatic rings. The van der Waals surface area contributed by atoms with Crippen LogP contribution < -0.4 is 5.56 Å². The molecule has 182 valence electrons. The molecule has 34 heavy (non-hydrogen) atoms. The molecular formula is C26H27F5N2O. The van der Waals surface area contributed by atoms with Crippen LogP contribution in [0.2, 0.25) is 0 Å². The lowest BCUT2D eigenvalue weighted by molar-refractivity contribution is -0.138. The SMILES string of the molecule is CCc1c([C@H]2CCCC2(C)C)c(=O)n(-c2ccc(F)cc2F)n1Cc1ccccc1C(F)(F)F. The van der Waals surface area contributed by atoms with Crippen LogP contribution in [0.5, 0.6) is 0 Å². The summed E-state index contributed by atoms with van der Waals surface area (Å²) in [4.78, 5) is 13.8. The number of rotatable bonds is 5. The number of hydrogen-bond acceptors (Lipinski definition) is 1. The Kier molecular flexibility index (Phi) is 6.21. The van der Waals surface area contributed by atoms with Gasteiger partial charge in [-0.3, -0.25) is 9.48 Å². The van der Waals surface area contributed by atoms with Gasteiger partial charge in [-0.1, -0.05) is 45.4 Å². The molecule has 0 saturated heterocycles. The Morgan fingerprint density at radius 2 is 1.79 bits per heavy atom. The van der Waals surface area contributed by atoms with Gasteiger partial charge in [-0.15, -0.1) is 0 Å². The second-order valence-corrected chi connectivity index (χ2v) is 9.57. The van der Waals surface area contributed by atoms with Crippen LogP contribution in [0.25, 0.3) is 5.69 Å². The first-order valence-electron chi connectivity index (χ1n) is 11.4. The maximum Gasteiger partial charge on any atom is 0.416 e. The van der Waals surface area contributed by atoms with E-state index in [1.165, 1.54) is 22.9 Å².